The van der Waals surface area contributed by atoms with E-state index in [4.69, 9.17) is 22.3 Å². The molecule has 0 aliphatic carbocycles. The summed E-state index contributed by atoms with van der Waals surface area (Å²) < 4.78 is 29.7. The van der Waals surface area contributed by atoms with E-state index < -0.39 is 25.5 Å². The Kier molecular flexibility index (Phi) is 11.9. The molecular weight excluding hydrogens is 707 g/mol. The molecule has 0 unspecified atom stereocenters. The molecule has 244 valence electrons. The molecule has 0 saturated carbocycles. The van der Waals surface area contributed by atoms with E-state index in [9.17, 15) is 8.42 Å². The van der Waals surface area contributed by atoms with Crippen molar-refractivity contribution in [2.75, 3.05) is 0 Å². The van der Waals surface area contributed by atoms with Gasteiger partial charge in [-0.15, -0.1) is 0 Å². The summed E-state index contributed by atoms with van der Waals surface area (Å²) in [6, 6.07) is 13.8. The first-order valence-corrected chi connectivity index (χ1v) is 23.6. The van der Waals surface area contributed by atoms with Crippen molar-refractivity contribution < 1.29 is 8.42 Å². The second kappa shape index (κ2) is 14.0. The first-order chi connectivity index (χ1) is 20.2. The highest BCUT2D eigenvalue weighted by molar-refractivity contribution is 9.10. The molecule has 0 atom stereocenters. The van der Waals surface area contributed by atoms with E-state index in [2.05, 4.69) is 138 Å². The molecule has 0 spiro atoms. The standard InChI is InChI=1S/C17H26BrNSi.C17H25Cl2NO2SSi/c1-12(2)20(13(3)4,14(5)6)19-10-9-15-7-8-16(18)11-17(15)19;1-11(2)24(12(3)4,13(5)6)20-10-16(18)15-8-7-14(9-17(15)20)23(19,21)22/h7-14H,1-6H3;7-13H,1-6H3. The second-order valence-corrected chi connectivity index (χ2v) is 29.4. The number of nitrogens with zero attached hydrogens (tertiary/aromatic N) is 2. The molecule has 4 aromatic rings. The predicted octanol–water partition coefficient (Wildman–Crippen LogP) is 12.7. The second-order valence-electron chi connectivity index (χ2n) is 14.1. The van der Waals surface area contributed by atoms with E-state index in [-0.39, 0.29) is 4.90 Å². The minimum atomic E-state index is -3.78. The Morgan fingerprint density at radius 3 is 1.59 bits per heavy atom. The molecular formula is C34H51BrCl2N2O2SSi2. The van der Waals surface area contributed by atoms with Crippen LogP contribution in [0.4, 0.5) is 0 Å². The highest BCUT2D eigenvalue weighted by Gasteiger charge is 2.47. The molecule has 4 rings (SSSR count). The number of rotatable bonds is 9. The van der Waals surface area contributed by atoms with Gasteiger partial charge < -0.3 is 8.47 Å². The first-order valence-electron chi connectivity index (χ1n) is 15.8. The number of aromatic nitrogens is 2. The molecule has 44 heavy (non-hydrogen) atoms. The van der Waals surface area contributed by atoms with Crippen LogP contribution in [-0.4, -0.2) is 33.4 Å². The lowest BCUT2D eigenvalue weighted by Crippen LogP contribution is -2.51. The van der Waals surface area contributed by atoms with E-state index in [1.807, 2.05) is 6.20 Å². The van der Waals surface area contributed by atoms with E-state index in [1.54, 1.807) is 12.1 Å². The van der Waals surface area contributed by atoms with Gasteiger partial charge in [-0.25, -0.2) is 8.42 Å². The van der Waals surface area contributed by atoms with Gasteiger partial charge in [-0.1, -0.05) is 123 Å². The zero-order valence-corrected chi connectivity index (χ0v) is 34.3. The molecule has 0 amide bonds. The summed E-state index contributed by atoms with van der Waals surface area (Å²) in [6.45, 7) is 28.0. The Hall–Kier alpha value is -1.04. The monoisotopic (exact) mass is 756 g/mol. The third-order valence-corrected chi connectivity index (χ3v) is 25.7. The molecule has 2 heterocycles. The fourth-order valence-electron chi connectivity index (χ4n) is 8.75. The third-order valence-electron chi connectivity index (χ3n) is 10.0. The zero-order chi connectivity index (χ0) is 33.5. The maximum atomic E-state index is 11.8. The van der Waals surface area contributed by atoms with Gasteiger partial charge in [0.1, 0.15) is 0 Å². The minimum absolute atomic E-state index is 0.117. The molecule has 0 N–H and O–H groups in total. The predicted molar refractivity (Wildman–Crippen MR) is 203 cm³/mol. The fraction of sp³-hybridized carbons (Fsp3) is 0.529. The fourth-order valence-corrected chi connectivity index (χ4v) is 23.4. The number of halogens is 3. The van der Waals surface area contributed by atoms with Crippen LogP contribution in [0.5, 0.6) is 0 Å². The Labute approximate surface area is 286 Å². The van der Waals surface area contributed by atoms with Gasteiger partial charge in [-0.3, -0.25) is 0 Å². The van der Waals surface area contributed by atoms with E-state index >= 15 is 0 Å². The Morgan fingerprint density at radius 1 is 0.659 bits per heavy atom. The Morgan fingerprint density at radius 2 is 1.14 bits per heavy atom. The molecule has 0 aliphatic rings. The molecule has 0 fully saturated rings. The lowest BCUT2D eigenvalue weighted by atomic mass is 10.2. The van der Waals surface area contributed by atoms with Crippen LogP contribution >= 0.6 is 38.2 Å². The van der Waals surface area contributed by atoms with Crippen LogP contribution in [0.15, 0.2) is 64.2 Å². The number of fused-ring (bicyclic) bond motifs is 2. The average molecular weight is 759 g/mol. The van der Waals surface area contributed by atoms with Crippen molar-refractivity contribution in [1.82, 2.24) is 8.47 Å². The highest BCUT2D eigenvalue weighted by Crippen LogP contribution is 2.46. The van der Waals surface area contributed by atoms with Gasteiger partial charge in [0.15, 0.2) is 16.5 Å². The summed E-state index contributed by atoms with van der Waals surface area (Å²) in [6.07, 6.45) is 4.33. The van der Waals surface area contributed by atoms with Crippen LogP contribution in [0.25, 0.3) is 21.8 Å². The van der Waals surface area contributed by atoms with Crippen molar-refractivity contribution in [3.05, 3.63) is 64.4 Å². The van der Waals surface area contributed by atoms with Crippen LogP contribution < -0.4 is 0 Å². The first kappa shape index (κ1) is 37.4. The average Bonchev–Trinajstić information content (AvgIpc) is 3.44. The summed E-state index contributed by atoms with van der Waals surface area (Å²) >= 11 is 10.1. The van der Waals surface area contributed by atoms with Crippen LogP contribution in [0.3, 0.4) is 0 Å². The Balaban J connectivity index is 0.000000244. The van der Waals surface area contributed by atoms with Gasteiger partial charge in [0.25, 0.3) is 9.05 Å². The third kappa shape index (κ3) is 6.55. The molecule has 0 bridgehead atoms. The van der Waals surface area contributed by atoms with Crippen molar-refractivity contribution in [1.29, 1.82) is 0 Å². The molecule has 2 aromatic carbocycles. The van der Waals surface area contributed by atoms with Gasteiger partial charge >= 0.3 is 0 Å². The lowest BCUT2D eigenvalue weighted by molar-refractivity contribution is 0.609. The van der Waals surface area contributed by atoms with Gasteiger partial charge in [0, 0.05) is 37.8 Å². The van der Waals surface area contributed by atoms with Crippen LogP contribution in [-0.2, 0) is 9.05 Å². The summed E-state index contributed by atoms with van der Waals surface area (Å²) in [5.41, 5.74) is 5.83. The van der Waals surface area contributed by atoms with Crippen molar-refractivity contribution in [3.8, 4) is 0 Å². The van der Waals surface area contributed by atoms with E-state index in [1.165, 1.54) is 21.4 Å². The normalized spacial score (nSPS) is 13.4. The van der Waals surface area contributed by atoms with Gasteiger partial charge in [-0.05, 0) is 75.2 Å². The molecule has 0 saturated heterocycles. The smallest absolute Gasteiger partial charge is 0.261 e. The number of hydrogen-bond acceptors (Lipinski definition) is 2. The van der Waals surface area contributed by atoms with Crippen molar-refractivity contribution in [3.63, 3.8) is 0 Å². The Bertz CT molecular complexity index is 1670. The maximum Gasteiger partial charge on any atom is 0.261 e. The largest absolute Gasteiger partial charge is 0.373 e. The van der Waals surface area contributed by atoms with Crippen molar-refractivity contribution in [2.24, 2.45) is 0 Å². The lowest BCUT2D eigenvalue weighted by Gasteiger charge is -2.44. The van der Waals surface area contributed by atoms with Crippen LogP contribution in [0.2, 0.25) is 38.3 Å². The quantitative estimate of drug-likeness (QED) is 0.126. The summed E-state index contributed by atoms with van der Waals surface area (Å²) in [4.78, 5) is 0.117. The number of hydrogen-bond donors (Lipinski definition) is 0. The molecule has 0 radical (unpaired) electrons. The van der Waals surface area contributed by atoms with E-state index in [0.717, 1.165) is 27.5 Å². The number of benzene rings is 2. The summed E-state index contributed by atoms with van der Waals surface area (Å²) in [7, 11) is -1.89. The topological polar surface area (TPSA) is 44.0 Å². The summed E-state index contributed by atoms with van der Waals surface area (Å²) in [5, 5.41) is 2.88. The summed E-state index contributed by atoms with van der Waals surface area (Å²) in [5.74, 6) is 0. The van der Waals surface area contributed by atoms with Crippen LogP contribution in [0, 0.1) is 0 Å². The van der Waals surface area contributed by atoms with Crippen molar-refractivity contribution >= 4 is 85.5 Å². The van der Waals surface area contributed by atoms with E-state index in [0.29, 0.717) is 21.6 Å². The van der Waals surface area contributed by atoms with Gasteiger partial charge in [-0.2, -0.15) is 0 Å². The van der Waals surface area contributed by atoms with Gasteiger partial charge in [0.2, 0.25) is 0 Å². The zero-order valence-electron chi connectivity index (χ0n) is 28.4. The highest BCUT2D eigenvalue weighted by atomic mass is 79.9. The SMILES string of the molecule is CC(C)[Si](C(C)C)(C(C)C)n1cc(Cl)c2ccc(S(=O)(=O)Cl)cc21.CC(C)[Si](C(C)C)(C(C)C)n1ccc2ccc(Br)cc21. The van der Waals surface area contributed by atoms with Crippen LogP contribution in [0.1, 0.15) is 83.1 Å². The molecule has 4 nitrogen and oxygen atoms in total. The maximum absolute atomic E-state index is 11.8. The molecule has 0 aliphatic heterocycles. The van der Waals surface area contributed by atoms with Crippen molar-refractivity contribution in [2.45, 2.75) is 121 Å². The van der Waals surface area contributed by atoms with Gasteiger partial charge in [0.05, 0.1) is 9.92 Å². The molecule has 2 aromatic heterocycles. The molecule has 10 heteroatoms. The minimum Gasteiger partial charge on any atom is -0.373 e.